The van der Waals surface area contributed by atoms with Gasteiger partial charge in [-0.25, -0.2) is 10.2 Å². The van der Waals surface area contributed by atoms with Crippen molar-refractivity contribution in [2.45, 2.75) is 12.8 Å². The molecule has 0 unspecified atom stereocenters. The summed E-state index contributed by atoms with van der Waals surface area (Å²) in [5.74, 6) is -1.85. The zero-order chi connectivity index (χ0) is 13.1. The molecule has 1 aromatic heterocycles. The number of hydrogen-bond donors (Lipinski definition) is 3. The van der Waals surface area contributed by atoms with Gasteiger partial charge in [-0.05, 0) is 11.4 Å². The Balaban J connectivity index is 2.10. The molecule has 94 valence electrons. The van der Waals surface area contributed by atoms with E-state index in [1.165, 1.54) is 6.07 Å². The maximum absolute atomic E-state index is 11.8. The van der Waals surface area contributed by atoms with Crippen LogP contribution < -0.4 is 10.7 Å². The molecule has 0 atom stereocenters. The molecule has 3 N–H and O–H groups in total. The maximum Gasteiger partial charge on any atom is 0.338 e. The van der Waals surface area contributed by atoms with Gasteiger partial charge in [0, 0.05) is 12.8 Å². The van der Waals surface area contributed by atoms with E-state index in [1.807, 2.05) is 0 Å². The second kappa shape index (κ2) is 4.96. The Morgan fingerprint density at radius 3 is 2.83 bits per heavy atom. The summed E-state index contributed by atoms with van der Waals surface area (Å²) in [5.41, 5.74) is 2.42. The van der Waals surface area contributed by atoms with Gasteiger partial charge in [0.2, 0.25) is 5.91 Å². The van der Waals surface area contributed by atoms with Crippen LogP contribution in [0.5, 0.6) is 0 Å². The molecule has 2 heterocycles. The average molecular weight is 267 g/mol. The third-order valence-corrected chi connectivity index (χ3v) is 3.12. The summed E-state index contributed by atoms with van der Waals surface area (Å²) in [5, 5.41) is 16.8. The summed E-state index contributed by atoms with van der Waals surface area (Å²) < 4.78 is 0. The van der Waals surface area contributed by atoms with Crippen molar-refractivity contribution in [1.82, 2.24) is 5.43 Å². The Morgan fingerprint density at radius 1 is 1.44 bits per heavy atom. The van der Waals surface area contributed by atoms with Gasteiger partial charge in [0.05, 0.1) is 5.56 Å². The highest BCUT2D eigenvalue weighted by Crippen LogP contribution is 2.23. The largest absolute Gasteiger partial charge is 0.478 e. The SMILES string of the molecule is O=C1CCC(C(=O)Nc2sccc2C(=O)O)=NN1. The van der Waals surface area contributed by atoms with Crippen molar-refractivity contribution < 1.29 is 19.5 Å². The number of carbonyl (C=O) groups is 3. The van der Waals surface area contributed by atoms with Crippen LogP contribution in [0.2, 0.25) is 0 Å². The van der Waals surface area contributed by atoms with Crippen LogP contribution in [0, 0.1) is 0 Å². The Labute approximate surface area is 105 Å². The van der Waals surface area contributed by atoms with Crippen molar-refractivity contribution in [3.05, 3.63) is 17.0 Å². The van der Waals surface area contributed by atoms with Gasteiger partial charge >= 0.3 is 5.97 Å². The number of carboxylic acid groups (broad SMARTS) is 1. The van der Waals surface area contributed by atoms with Crippen molar-refractivity contribution in [2.24, 2.45) is 5.10 Å². The molecule has 0 bridgehead atoms. The van der Waals surface area contributed by atoms with Crippen LogP contribution >= 0.6 is 11.3 Å². The smallest absolute Gasteiger partial charge is 0.338 e. The number of thiophene rings is 1. The van der Waals surface area contributed by atoms with E-state index >= 15 is 0 Å². The van der Waals surface area contributed by atoms with Gasteiger partial charge < -0.3 is 10.4 Å². The first-order valence-corrected chi connectivity index (χ1v) is 5.93. The fourth-order valence-electron chi connectivity index (χ4n) is 1.39. The van der Waals surface area contributed by atoms with Crippen LogP contribution in [-0.2, 0) is 9.59 Å². The summed E-state index contributed by atoms with van der Waals surface area (Å²) in [6.45, 7) is 0. The number of carbonyl (C=O) groups excluding carboxylic acids is 2. The van der Waals surface area contributed by atoms with Crippen molar-refractivity contribution in [3.63, 3.8) is 0 Å². The second-order valence-electron chi connectivity index (χ2n) is 3.52. The van der Waals surface area contributed by atoms with Gasteiger partial charge in [0.15, 0.2) is 0 Å². The van der Waals surface area contributed by atoms with Gasteiger partial charge in [0.1, 0.15) is 10.7 Å². The first-order valence-electron chi connectivity index (χ1n) is 5.05. The molecule has 7 nitrogen and oxygen atoms in total. The van der Waals surface area contributed by atoms with E-state index in [4.69, 9.17) is 5.11 Å². The van der Waals surface area contributed by atoms with E-state index in [-0.39, 0.29) is 35.0 Å². The number of nitrogens with one attached hydrogen (secondary N) is 2. The third kappa shape index (κ3) is 2.54. The lowest BCUT2D eigenvalue weighted by Crippen LogP contribution is -2.32. The zero-order valence-electron chi connectivity index (χ0n) is 9.10. The molecule has 0 radical (unpaired) electrons. The van der Waals surface area contributed by atoms with Crippen molar-refractivity contribution in [1.29, 1.82) is 0 Å². The average Bonchev–Trinajstić information content (AvgIpc) is 2.78. The van der Waals surface area contributed by atoms with Crippen LogP contribution in [0.15, 0.2) is 16.5 Å². The minimum absolute atomic E-state index is 0.0359. The highest BCUT2D eigenvalue weighted by Gasteiger charge is 2.20. The number of amides is 2. The minimum Gasteiger partial charge on any atom is -0.478 e. The number of rotatable bonds is 3. The van der Waals surface area contributed by atoms with Gasteiger partial charge in [-0.2, -0.15) is 5.10 Å². The molecule has 18 heavy (non-hydrogen) atoms. The lowest BCUT2D eigenvalue weighted by Gasteiger charge is -2.11. The molecule has 1 aromatic rings. The molecule has 2 rings (SSSR count). The summed E-state index contributed by atoms with van der Waals surface area (Å²) in [6.07, 6.45) is 0.438. The first kappa shape index (κ1) is 12.2. The number of aromatic carboxylic acids is 1. The molecule has 0 saturated heterocycles. The van der Waals surface area contributed by atoms with Crippen LogP contribution in [0.1, 0.15) is 23.2 Å². The molecule has 0 fully saturated rings. The Bertz CT molecular complexity index is 549. The summed E-state index contributed by atoms with van der Waals surface area (Å²) in [7, 11) is 0. The lowest BCUT2D eigenvalue weighted by atomic mass is 10.1. The van der Waals surface area contributed by atoms with E-state index in [2.05, 4.69) is 15.8 Å². The summed E-state index contributed by atoms with van der Waals surface area (Å²) in [6, 6.07) is 1.41. The zero-order valence-corrected chi connectivity index (χ0v) is 9.91. The predicted molar refractivity (Wildman–Crippen MR) is 64.7 cm³/mol. The number of nitrogens with zero attached hydrogens (tertiary/aromatic N) is 1. The molecule has 8 heteroatoms. The van der Waals surface area contributed by atoms with Gasteiger partial charge in [-0.1, -0.05) is 0 Å². The quantitative estimate of drug-likeness (QED) is 0.747. The van der Waals surface area contributed by atoms with Crippen LogP contribution in [0.25, 0.3) is 0 Å². The topological polar surface area (TPSA) is 108 Å². The van der Waals surface area contributed by atoms with E-state index < -0.39 is 11.9 Å². The second-order valence-corrected chi connectivity index (χ2v) is 4.43. The minimum atomic E-state index is -1.11. The third-order valence-electron chi connectivity index (χ3n) is 2.29. The van der Waals surface area contributed by atoms with E-state index in [0.717, 1.165) is 11.3 Å². The predicted octanol–water partition coefficient (Wildman–Crippen LogP) is 0.651. The molecule has 1 aliphatic rings. The van der Waals surface area contributed by atoms with Crippen LogP contribution in [0.4, 0.5) is 5.00 Å². The molecular formula is C10H9N3O4S. The fourth-order valence-corrected chi connectivity index (χ4v) is 2.16. The number of hydrazone groups is 1. The summed E-state index contributed by atoms with van der Waals surface area (Å²) in [4.78, 5) is 33.5. The van der Waals surface area contributed by atoms with E-state index in [1.54, 1.807) is 5.38 Å². The number of hydrogen-bond acceptors (Lipinski definition) is 5. The molecule has 0 aliphatic carbocycles. The van der Waals surface area contributed by atoms with E-state index in [9.17, 15) is 14.4 Å². The van der Waals surface area contributed by atoms with Crippen molar-refractivity contribution in [3.8, 4) is 0 Å². The Morgan fingerprint density at radius 2 is 2.22 bits per heavy atom. The summed E-state index contributed by atoms with van der Waals surface area (Å²) >= 11 is 1.12. The van der Waals surface area contributed by atoms with Crippen LogP contribution in [0.3, 0.4) is 0 Å². The number of carboxylic acids is 1. The highest BCUT2D eigenvalue weighted by atomic mass is 32.1. The van der Waals surface area contributed by atoms with Crippen molar-refractivity contribution in [2.75, 3.05) is 5.32 Å². The monoisotopic (exact) mass is 267 g/mol. The van der Waals surface area contributed by atoms with Crippen molar-refractivity contribution >= 4 is 39.8 Å². The molecule has 2 amide bonds. The normalized spacial score (nSPS) is 14.7. The molecule has 0 saturated carbocycles. The number of anilines is 1. The first-order chi connectivity index (χ1) is 8.58. The van der Waals surface area contributed by atoms with E-state index in [0.29, 0.717) is 0 Å². The van der Waals surface area contributed by atoms with Gasteiger partial charge in [0.25, 0.3) is 5.91 Å². The molecular weight excluding hydrogens is 258 g/mol. The van der Waals surface area contributed by atoms with Gasteiger partial charge in [-0.15, -0.1) is 11.3 Å². The molecule has 1 aliphatic heterocycles. The lowest BCUT2D eigenvalue weighted by molar-refractivity contribution is -0.121. The maximum atomic E-state index is 11.8. The van der Waals surface area contributed by atoms with Gasteiger partial charge in [-0.3, -0.25) is 9.59 Å². The molecule has 0 spiro atoms. The Hall–Kier alpha value is -2.22. The fraction of sp³-hybridized carbons (Fsp3) is 0.200. The van der Waals surface area contributed by atoms with Crippen LogP contribution in [-0.4, -0.2) is 28.6 Å². The standard InChI is InChI=1S/C10H9N3O4S/c14-7-2-1-6(12-13-7)8(15)11-9-5(10(16)17)3-4-18-9/h3-4H,1-2H2,(H,11,15)(H,13,14)(H,16,17). The molecule has 0 aromatic carbocycles. The highest BCUT2D eigenvalue weighted by molar-refractivity contribution is 7.14. The Kier molecular flexibility index (Phi) is 3.38.